The molecule has 2 aromatic rings. The normalized spacial score (nSPS) is 13.9. The highest BCUT2D eigenvalue weighted by Gasteiger charge is 2.39. The Morgan fingerprint density at radius 1 is 1.14 bits per heavy atom. The maximum atomic E-state index is 12.8. The minimum absolute atomic E-state index is 0.0402. The number of benzene rings is 2. The second-order valence-electron chi connectivity index (χ2n) is 5.84. The fourth-order valence-corrected chi connectivity index (χ4v) is 3.02. The third-order valence-corrected chi connectivity index (χ3v) is 4.82. The Labute approximate surface area is 169 Å². The van der Waals surface area contributed by atoms with Gasteiger partial charge in [-0.15, -0.1) is 0 Å². The number of carbonyl (C=O) groups is 2. The molecule has 144 valence electrons. The van der Waals surface area contributed by atoms with Gasteiger partial charge in [-0.05, 0) is 24.6 Å². The van der Waals surface area contributed by atoms with Crippen LogP contribution >= 0.6 is 23.2 Å². The Morgan fingerprint density at radius 3 is 2.50 bits per heavy atom. The molecule has 0 aromatic heterocycles. The van der Waals surface area contributed by atoms with Crippen LogP contribution in [0.3, 0.4) is 0 Å². The van der Waals surface area contributed by atoms with E-state index in [1.807, 2.05) is 0 Å². The van der Waals surface area contributed by atoms with Crippen LogP contribution in [0.25, 0.3) is 0 Å². The van der Waals surface area contributed by atoms with Gasteiger partial charge in [0.2, 0.25) is 0 Å². The number of nitro groups is 1. The van der Waals surface area contributed by atoms with Crippen molar-refractivity contribution in [1.82, 2.24) is 0 Å². The number of anilines is 2. The lowest BCUT2D eigenvalue weighted by molar-refractivity contribution is -0.384. The lowest BCUT2D eigenvalue weighted by Gasteiger charge is -2.16. The molecule has 0 saturated heterocycles. The minimum Gasteiger partial charge on any atom is -0.495 e. The molecule has 1 heterocycles. The number of nitrogens with zero attached hydrogens (tertiary/aromatic N) is 2. The van der Waals surface area contributed by atoms with Gasteiger partial charge in [-0.1, -0.05) is 29.3 Å². The summed E-state index contributed by atoms with van der Waals surface area (Å²) in [4.78, 5) is 36.5. The van der Waals surface area contributed by atoms with Gasteiger partial charge < -0.3 is 10.1 Å². The molecule has 0 aliphatic carbocycles. The van der Waals surface area contributed by atoms with Crippen LogP contribution in [0.4, 0.5) is 17.1 Å². The summed E-state index contributed by atoms with van der Waals surface area (Å²) in [6.07, 6.45) is 0. The predicted octanol–water partition coefficient (Wildman–Crippen LogP) is 4.00. The van der Waals surface area contributed by atoms with Gasteiger partial charge in [-0.25, -0.2) is 4.90 Å². The number of nitro benzene ring substituents is 1. The van der Waals surface area contributed by atoms with Crippen LogP contribution in [-0.2, 0) is 9.59 Å². The number of carbonyl (C=O) groups excluding carboxylic acids is 2. The fourth-order valence-electron chi connectivity index (χ4n) is 2.66. The fraction of sp³-hybridized carbons (Fsp3) is 0.111. The highest BCUT2D eigenvalue weighted by Crippen LogP contribution is 2.36. The predicted molar refractivity (Wildman–Crippen MR) is 105 cm³/mol. The number of imide groups is 1. The lowest BCUT2D eigenvalue weighted by atomic mass is 10.2. The van der Waals surface area contributed by atoms with E-state index in [-0.39, 0.29) is 22.1 Å². The van der Waals surface area contributed by atoms with Crippen LogP contribution in [-0.4, -0.2) is 23.8 Å². The molecule has 3 rings (SSSR count). The number of methoxy groups -OCH3 is 1. The van der Waals surface area contributed by atoms with E-state index in [0.717, 1.165) is 11.0 Å². The summed E-state index contributed by atoms with van der Waals surface area (Å²) in [5.74, 6) is -1.19. The molecule has 0 spiro atoms. The molecule has 0 radical (unpaired) electrons. The molecule has 2 amide bonds. The summed E-state index contributed by atoms with van der Waals surface area (Å²) >= 11 is 12.2. The Bertz CT molecular complexity index is 1050. The number of hydrogen-bond acceptors (Lipinski definition) is 6. The first-order valence-corrected chi connectivity index (χ1v) is 8.64. The number of non-ortho nitro benzene ring substituents is 1. The summed E-state index contributed by atoms with van der Waals surface area (Å²) < 4.78 is 5.24. The summed E-state index contributed by atoms with van der Waals surface area (Å²) in [6, 6.07) is 8.36. The molecule has 0 atom stereocenters. The van der Waals surface area contributed by atoms with Gasteiger partial charge in [-0.3, -0.25) is 19.7 Å². The number of rotatable bonds is 5. The monoisotopic (exact) mass is 421 g/mol. The van der Waals surface area contributed by atoms with Gasteiger partial charge in [0.1, 0.15) is 16.5 Å². The Hall–Kier alpha value is -3.10. The standard InChI is InChI=1S/C18H13Cl2N3O5/c1-9-6-13(14(28-2)8-12(9)19)21-16-15(20)17(24)22(18(16)25)10-4-3-5-11(7-10)23(26)27/h3-8,21H,1-2H3. The second-order valence-corrected chi connectivity index (χ2v) is 6.62. The highest BCUT2D eigenvalue weighted by molar-refractivity contribution is 6.53. The highest BCUT2D eigenvalue weighted by atomic mass is 35.5. The number of nitrogens with one attached hydrogen (secondary N) is 1. The molecular formula is C18H13Cl2N3O5. The van der Waals surface area contributed by atoms with Crippen LogP contribution in [0.5, 0.6) is 5.75 Å². The third-order valence-electron chi connectivity index (χ3n) is 4.07. The van der Waals surface area contributed by atoms with Crippen LogP contribution in [0.2, 0.25) is 5.02 Å². The Morgan fingerprint density at radius 2 is 1.86 bits per heavy atom. The first-order chi connectivity index (χ1) is 13.2. The molecule has 1 aliphatic rings. The van der Waals surface area contributed by atoms with E-state index in [9.17, 15) is 19.7 Å². The zero-order valence-electron chi connectivity index (χ0n) is 14.7. The van der Waals surface area contributed by atoms with Crippen molar-refractivity contribution < 1.29 is 19.2 Å². The summed E-state index contributed by atoms with van der Waals surface area (Å²) in [7, 11) is 1.43. The summed E-state index contributed by atoms with van der Waals surface area (Å²) in [6.45, 7) is 1.76. The van der Waals surface area contributed by atoms with Crippen LogP contribution in [0.15, 0.2) is 47.1 Å². The first kappa shape index (κ1) is 19.7. The third kappa shape index (κ3) is 3.39. The maximum absolute atomic E-state index is 12.8. The van der Waals surface area contributed by atoms with Crippen molar-refractivity contribution in [2.75, 3.05) is 17.3 Å². The van der Waals surface area contributed by atoms with Gasteiger partial charge in [0.15, 0.2) is 0 Å². The van der Waals surface area contributed by atoms with Crippen molar-refractivity contribution >= 4 is 52.1 Å². The largest absolute Gasteiger partial charge is 0.495 e. The van der Waals surface area contributed by atoms with E-state index in [4.69, 9.17) is 27.9 Å². The molecule has 0 fully saturated rings. The first-order valence-electron chi connectivity index (χ1n) is 7.88. The van der Waals surface area contributed by atoms with Crippen molar-refractivity contribution in [2.45, 2.75) is 6.92 Å². The lowest BCUT2D eigenvalue weighted by Crippen LogP contribution is -2.32. The van der Waals surface area contributed by atoms with E-state index >= 15 is 0 Å². The van der Waals surface area contributed by atoms with Gasteiger partial charge in [0.25, 0.3) is 17.5 Å². The molecule has 8 nitrogen and oxygen atoms in total. The average molecular weight is 422 g/mol. The molecular weight excluding hydrogens is 409 g/mol. The second kappa shape index (κ2) is 7.49. The van der Waals surface area contributed by atoms with Crippen LogP contribution < -0.4 is 15.0 Å². The van der Waals surface area contributed by atoms with Crippen molar-refractivity contribution in [3.05, 3.63) is 67.8 Å². The van der Waals surface area contributed by atoms with Gasteiger partial charge in [0.05, 0.1) is 23.4 Å². The van der Waals surface area contributed by atoms with Crippen molar-refractivity contribution in [3.8, 4) is 5.75 Å². The molecule has 0 bridgehead atoms. The van der Waals surface area contributed by atoms with Crippen LogP contribution in [0.1, 0.15) is 5.56 Å². The van der Waals surface area contributed by atoms with Gasteiger partial charge in [-0.2, -0.15) is 0 Å². The average Bonchev–Trinajstić information content (AvgIpc) is 2.87. The quantitative estimate of drug-likeness (QED) is 0.444. The van der Waals surface area contributed by atoms with Crippen molar-refractivity contribution in [1.29, 1.82) is 0 Å². The molecule has 1 N–H and O–H groups in total. The molecule has 2 aromatic carbocycles. The molecule has 10 heteroatoms. The zero-order chi connectivity index (χ0) is 20.6. The van der Waals surface area contributed by atoms with E-state index in [1.165, 1.54) is 25.3 Å². The Kier molecular flexibility index (Phi) is 5.26. The topological polar surface area (TPSA) is 102 Å². The molecule has 1 aliphatic heterocycles. The van der Waals surface area contributed by atoms with E-state index in [0.29, 0.717) is 22.0 Å². The zero-order valence-corrected chi connectivity index (χ0v) is 16.2. The number of aryl methyl sites for hydroxylation is 1. The van der Waals surface area contributed by atoms with Crippen molar-refractivity contribution in [3.63, 3.8) is 0 Å². The Balaban J connectivity index is 1.98. The molecule has 28 heavy (non-hydrogen) atoms. The maximum Gasteiger partial charge on any atom is 0.283 e. The van der Waals surface area contributed by atoms with Gasteiger partial charge in [0, 0.05) is 23.2 Å². The molecule has 0 unspecified atom stereocenters. The smallest absolute Gasteiger partial charge is 0.283 e. The number of amides is 2. The van der Waals surface area contributed by atoms with E-state index in [2.05, 4.69) is 5.32 Å². The number of ether oxygens (including phenoxy) is 1. The SMILES string of the molecule is COc1cc(Cl)c(C)cc1NC1=C(Cl)C(=O)N(c2cccc([N+](=O)[O-])c2)C1=O. The van der Waals surface area contributed by atoms with Crippen molar-refractivity contribution in [2.24, 2.45) is 0 Å². The molecule has 0 saturated carbocycles. The van der Waals surface area contributed by atoms with Crippen LogP contribution in [0, 0.1) is 17.0 Å². The van der Waals surface area contributed by atoms with Gasteiger partial charge >= 0.3 is 0 Å². The number of halogens is 2. The van der Waals surface area contributed by atoms with E-state index < -0.39 is 16.7 Å². The minimum atomic E-state index is -0.792. The summed E-state index contributed by atoms with van der Waals surface area (Å²) in [5.41, 5.74) is 0.718. The number of hydrogen-bond donors (Lipinski definition) is 1. The summed E-state index contributed by atoms with van der Waals surface area (Å²) in [5, 5.41) is 13.9. The van der Waals surface area contributed by atoms with E-state index in [1.54, 1.807) is 19.1 Å².